The van der Waals surface area contributed by atoms with Crippen LogP contribution < -0.4 is 20.3 Å². The third-order valence-corrected chi connectivity index (χ3v) is 12.9. The van der Waals surface area contributed by atoms with Crippen LogP contribution in [0.3, 0.4) is 0 Å². The van der Waals surface area contributed by atoms with Gasteiger partial charge in [-0.05, 0) is 61.0 Å². The maximum atomic E-state index is 13.5. The number of amides is 6. The van der Waals surface area contributed by atoms with Gasteiger partial charge in [0, 0.05) is 91.5 Å². The van der Waals surface area contributed by atoms with E-state index in [4.69, 9.17) is 16.3 Å². The molecule has 8 rings (SSSR count). The highest BCUT2D eigenvalue weighted by atomic mass is 35.5. The first kappa shape index (κ1) is 39.1. The Morgan fingerprint density at radius 1 is 0.862 bits per heavy atom. The number of rotatable bonds is 8. The molecule has 0 aromatic heterocycles. The van der Waals surface area contributed by atoms with E-state index >= 15 is 0 Å². The molecule has 1 saturated carbocycles. The van der Waals surface area contributed by atoms with Crippen LogP contribution in [-0.4, -0.2) is 114 Å². The van der Waals surface area contributed by atoms with E-state index in [1.165, 1.54) is 0 Å². The van der Waals surface area contributed by atoms with Crippen LogP contribution in [0, 0.1) is 22.2 Å². The number of carbonyl (C=O) groups excluding carboxylic acids is 6. The fourth-order valence-corrected chi connectivity index (χ4v) is 9.81. The normalized spacial score (nSPS) is 24.0. The lowest BCUT2D eigenvalue weighted by Crippen LogP contribution is -2.74. The minimum absolute atomic E-state index is 0.0676. The van der Waals surface area contributed by atoms with Crippen molar-refractivity contribution in [2.45, 2.75) is 64.8 Å². The second-order valence-electron chi connectivity index (χ2n) is 16.9. The molecule has 3 aromatic rings. The molecule has 4 aliphatic heterocycles. The van der Waals surface area contributed by atoms with Gasteiger partial charge in [-0.3, -0.25) is 43.9 Å². The number of hydrogen-bond donors (Lipinski definition) is 2. The van der Waals surface area contributed by atoms with Gasteiger partial charge in [0.15, 0.2) is 0 Å². The summed E-state index contributed by atoms with van der Waals surface area (Å²) >= 11 is 6.23. The maximum absolute atomic E-state index is 13.5. The average molecular weight is 806 g/mol. The van der Waals surface area contributed by atoms with Gasteiger partial charge in [0.25, 0.3) is 23.6 Å². The van der Waals surface area contributed by atoms with Gasteiger partial charge in [-0.2, -0.15) is 5.26 Å². The van der Waals surface area contributed by atoms with Gasteiger partial charge in [-0.1, -0.05) is 39.3 Å². The fourth-order valence-electron chi connectivity index (χ4n) is 9.60. The molecule has 0 bridgehead atoms. The summed E-state index contributed by atoms with van der Waals surface area (Å²) < 4.78 is 6.34. The smallest absolute Gasteiger partial charge is 0.262 e. The van der Waals surface area contributed by atoms with Gasteiger partial charge < -0.3 is 19.9 Å². The third-order valence-electron chi connectivity index (χ3n) is 12.6. The highest BCUT2D eigenvalue weighted by molar-refractivity contribution is 6.31. The number of benzene rings is 3. The molecule has 4 fully saturated rings. The lowest BCUT2D eigenvalue weighted by molar-refractivity contribution is -0.164. The molecule has 14 nitrogen and oxygen atoms in total. The Bertz CT molecular complexity index is 2270. The van der Waals surface area contributed by atoms with E-state index in [9.17, 15) is 34.0 Å². The van der Waals surface area contributed by atoms with E-state index in [0.29, 0.717) is 53.6 Å². The largest absolute Gasteiger partial charge is 0.489 e. The number of ether oxygens (including phenoxy) is 1. The van der Waals surface area contributed by atoms with Crippen molar-refractivity contribution in [3.8, 4) is 11.8 Å². The zero-order valence-corrected chi connectivity index (χ0v) is 33.5. The van der Waals surface area contributed by atoms with Crippen molar-refractivity contribution in [1.29, 1.82) is 5.26 Å². The SMILES string of the molecule is CC1(C)[C@H](NC(=O)c2ccc(C(=O)N3CCN(C4CN(c5ccc6c(c5)C(=O)N(C5CCC(=O)NC5=O)C6=O)C4)CC3)cc2)C(C)(C)[C@H]1Oc1ccc(C#N)c(Cl)c1. The summed E-state index contributed by atoms with van der Waals surface area (Å²) in [5, 5.41) is 14.9. The lowest BCUT2D eigenvalue weighted by Gasteiger charge is -2.63. The monoisotopic (exact) mass is 805 g/mol. The lowest BCUT2D eigenvalue weighted by atomic mass is 9.49. The van der Waals surface area contributed by atoms with Gasteiger partial charge in [-0.25, -0.2) is 0 Å². The Labute approximate surface area is 341 Å². The van der Waals surface area contributed by atoms with Crippen molar-refractivity contribution in [3.63, 3.8) is 0 Å². The average Bonchev–Trinajstić information content (AvgIpc) is 3.43. The Hall–Kier alpha value is -5.78. The minimum atomic E-state index is -1.00. The molecule has 0 radical (unpaired) electrons. The molecule has 58 heavy (non-hydrogen) atoms. The van der Waals surface area contributed by atoms with Crippen LogP contribution in [0.1, 0.15) is 87.5 Å². The standard InChI is InChI=1S/C43H44ClN7O7/c1-42(2)40(43(3,4)41(42)58-29-11-9-26(21-45)32(44)20-29)47-35(53)24-5-7-25(8-6-24)37(55)49-17-15-48(16-18-49)28-22-50(23-28)27-10-12-30-31(19-27)39(57)51(38(30)56)33-13-14-34(52)46-36(33)54/h5-12,19-20,28,33,40-41H,13-18,22-23H2,1-4H3,(H,47,53)(H,46,52,54)/t33?,40-,41-. The van der Waals surface area contributed by atoms with Crippen LogP contribution in [0.5, 0.6) is 5.75 Å². The molecule has 0 spiro atoms. The number of fused-ring (bicyclic) bond motifs is 1. The van der Waals surface area contributed by atoms with Gasteiger partial charge in [0.1, 0.15) is 24.0 Å². The molecule has 300 valence electrons. The molecule has 15 heteroatoms. The van der Waals surface area contributed by atoms with Gasteiger partial charge in [0.05, 0.1) is 21.7 Å². The van der Waals surface area contributed by atoms with E-state index in [1.54, 1.807) is 54.6 Å². The molecular formula is C43H44ClN7O7. The zero-order chi connectivity index (χ0) is 41.3. The number of nitrogens with zero attached hydrogens (tertiary/aromatic N) is 5. The van der Waals surface area contributed by atoms with E-state index in [-0.39, 0.29) is 54.0 Å². The molecule has 1 atom stereocenters. The number of nitriles is 1. The number of halogens is 1. The van der Waals surface area contributed by atoms with E-state index < -0.39 is 40.5 Å². The van der Waals surface area contributed by atoms with E-state index in [0.717, 1.165) is 23.7 Å². The Kier molecular flexibility index (Phi) is 9.80. The number of anilines is 1. The molecule has 3 aromatic carbocycles. The molecule has 2 N–H and O–H groups in total. The first-order valence-corrected chi connectivity index (χ1v) is 19.9. The highest BCUT2D eigenvalue weighted by Gasteiger charge is 2.64. The number of piperazine rings is 1. The molecule has 5 aliphatic rings. The molecule has 1 unspecified atom stereocenters. The van der Waals surface area contributed by atoms with Crippen molar-refractivity contribution < 1.29 is 33.5 Å². The second-order valence-corrected chi connectivity index (χ2v) is 17.3. The number of piperidine rings is 1. The van der Waals surface area contributed by atoms with Crippen molar-refractivity contribution in [2.24, 2.45) is 10.8 Å². The quantitative estimate of drug-likeness (QED) is 0.319. The maximum Gasteiger partial charge on any atom is 0.262 e. The third kappa shape index (κ3) is 6.65. The van der Waals surface area contributed by atoms with Crippen LogP contribution in [0.25, 0.3) is 0 Å². The van der Waals surface area contributed by atoms with Gasteiger partial charge in [0.2, 0.25) is 11.8 Å². The van der Waals surface area contributed by atoms with Crippen molar-refractivity contribution in [3.05, 3.63) is 93.5 Å². The summed E-state index contributed by atoms with van der Waals surface area (Å²) in [4.78, 5) is 84.6. The molecule has 6 amide bonds. The summed E-state index contributed by atoms with van der Waals surface area (Å²) in [6, 6.07) is 18.0. The fraction of sp³-hybridized carbons (Fsp3) is 0.419. The van der Waals surface area contributed by atoms with Gasteiger partial charge in [-0.15, -0.1) is 0 Å². The van der Waals surface area contributed by atoms with Crippen LogP contribution in [0.15, 0.2) is 60.7 Å². The number of carbonyl (C=O) groups is 6. The minimum Gasteiger partial charge on any atom is -0.489 e. The summed E-state index contributed by atoms with van der Waals surface area (Å²) in [5.74, 6) is -1.86. The van der Waals surface area contributed by atoms with Crippen molar-refractivity contribution in [2.75, 3.05) is 44.2 Å². The van der Waals surface area contributed by atoms with E-state index in [2.05, 4.69) is 26.5 Å². The van der Waals surface area contributed by atoms with Crippen LogP contribution in [0.4, 0.5) is 5.69 Å². The summed E-state index contributed by atoms with van der Waals surface area (Å²) in [5.41, 5.74) is 1.84. The van der Waals surface area contributed by atoms with Crippen LogP contribution in [0.2, 0.25) is 5.02 Å². The van der Waals surface area contributed by atoms with Gasteiger partial charge >= 0.3 is 0 Å². The number of imide groups is 2. The predicted molar refractivity (Wildman–Crippen MR) is 212 cm³/mol. The molecular weight excluding hydrogens is 762 g/mol. The Balaban J connectivity index is 0.811. The number of nitrogens with one attached hydrogen (secondary N) is 2. The molecule has 1 aliphatic carbocycles. The molecule has 4 heterocycles. The number of hydrogen-bond acceptors (Lipinski definition) is 10. The molecule has 3 saturated heterocycles. The second kappa shape index (κ2) is 14.6. The zero-order valence-electron chi connectivity index (χ0n) is 32.7. The topological polar surface area (TPSA) is 172 Å². The van der Waals surface area contributed by atoms with E-state index in [1.807, 2.05) is 38.7 Å². The summed E-state index contributed by atoms with van der Waals surface area (Å²) in [6.45, 7) is 12.2. The predicted octanol–water partition coefficient (Wildman–Crippen LogP) is 3.87. The summed E-state index contributed by atoms with van der Waals surface area (Å²) in [6.07, 6.45) is -0.0555. The first-order chi connectivity index (χ1) is 27.6. The Morgan fingerprint density at radius 2 is 1.52 bits per heavy atom. The van der Waals surface area contributed by atoms with Crippen LogP contribution in [-0.2, 0) is 9.59 Å². The van der Waals surface area contributed by atoms with Crippen LogP contribution >= 0.6 is 11.6 Å². The van der Waals surface area contributed by atoms with Crippen molar-refractivity contribution in [1.82, 2.24) is 25.3 Å². The first-order valence-electron chi connectivity index (χ1n) is 19.5. The highest BCUT2D eigenvalue weighted by Crippen LogP contribution is 2.55. The Morgan fingerprint density at radius 3 is 2.16 bits per heavy atom. The summed E-state index contributed by atoms with van der Waals surface area (Å²) in [7, 11) is 0. The van der Waals surface area contributed by atoms with Crippen molar-refractivity contribution >= 4 is 52.7 Å².